The molecule has 2 N–H and O–H groups in total. The Balaban J connectivity index is 1.48. The minimum Gasteiger partial charge on any atom is -0.507 e. The van der Waals surface area contributed by atoms with Gasteiger partial charge in [0, 0.05) is 53.6 Å². The van der Waals surface area contributed by atoms with E-state index in [2.05, 4.69) is 19.9 Å². The van der Waals surface area contributed by atoms with E-state index in [9.17, 15) is 24.6 Å². The van der Waals surface area contributed by atoms with Crippen molar-refractivity contribution in [2.75, 3.05) is 26.3 Å². The summed E-state index contributed by atoms with van der Waals surface area (Å²) in [5.41, 5.74) is 0.823. The maximum absolute atomic E-state index is 14.9. The first-order valence-electron chi connectivity index (χ1n) is 18.3. The van der Waals surface area contributed by atoms with Gasteiger partial charge in [-0.3, -0.25) is 14.4 Å². The Kier molecular flexibility index (Phi) is 9.78. The van der Waals surface area contributed by atoms with E-state index in [0.29, 0.717) is 49.4 Å². The van der Waals surface area contributed by atoms with E-state index in [1.54, 1.807) is 24.0 Å². The van der Waals surface area contributed by atoms with Crippen LogP contribution >= 0.6 is 0 Å². The Labute approximate surface area is 301 Å². The molecule has 9 heteroatoms. The molecule has 1 spiro atoms. The van der Waals surface area contributed by atoms with Crippen LogP contribution in [0.5, 0.6) is 17.2 Å². The van der Waals surface area contributed by atoms with E-state index in [1.807, 2.05) is 46.8 Å². The summed E-state index contributed by atoms with van der Waals surface area (Å²) in [6, 6.07) is 0. The van der Waals surface area contributed by atoms with Crippen molar-refractivity contribution in [2.24, 2.45) is 11.8 Å². The molecule has 3 aliphatic carbocycles. The Morgan fingerprint density at radius 2 is 1.59 bits per heavy atom. The molecule has 7 rings (SSSR count). The summed E-state index contributed by atoms with van der Waals surface area (Å²) in [4.78, 5) is 44.6. The lowest BCUT2D eigenvalue weighted by atomic mass is 9.51. The summed E-state index contributed by atoms with van der Waals surface area (Å²) < 4.78 is 19.4. The molecule has 9 nitrogen and oxygen atoms in total. The average Bonchev–Trinajstić information content (AvgIpc) is 3.23. The Morgan fingerprint density at radius 3 is 2.25 bits per heavy atom. The molecule has 274 valence electrons. The SMILES string of the molecule is CC(C)=CCC/C(C)=C/Cc1c(O)c(CC=C(C)C)c2c(c1O)C(=O)C1=CC3CC4C(C)(C)OC(C/C=C(/C)C(=O)N5CCOCC5)(C3=O)C14O2. The number of ketones is 2. The third kappa shape index (κ3) is 6.00. The van der Waals surface area contributed by atoms with Crippen molar-refractivity contribution in [3.63, 3.8) is 0 Å². The van der Waals surface area contributed by atoms with E-state index in [0.717, 1.165) is 24.0 Å². The standard InChI is InChI=1S/C42H53NO8/c1-24(2)10-9-11-26(5)13-15-29-34(44)30(14-12-25(3)4)37-33(35(29)45)36(46)31-22-28-23-32-40(7,8)51-41(38(28)47,42(31,32)50-37)17-16-27(6)39(48)43-18-20-49-21-19-43/h10,12-13,16,22,28,32,44-45H,9,11,14-15,17-21,23H2,1-8H3/b26-13+,27-16-. The average molecular weight is 700 g/mol. The lowest BCUT2D eigenvalue weighted by molar-refractivity contribution is -0.171. The number of hydrogen-bond acceptors (Lipinski definition) is 8. The number of carbonyl (C=O) groups excluding carboxylic acids is 3. The zero-order valence-corrected chi connectivity index (χ0v) is 31.4. The number of allylic oxidation sites excluding steroid dienone is 7. The number of Topliss-reactive ketones (excluding diaryl/α,β-unsaturated/α-hetero) is 2. The number of benzene rings is 1. The maximum atomic E-state index is 14.9. The minimum absolute atomic E-state index is 0.00833. The second kappa shape index (κ2) is 13.6. The third-order valence-corrected chi connectivity index (χ3v) is 11.5. The largest absolute Gasteiger partial charge is 0.507 e. The van der Waals surface area contributed by atoms with Gasteiger partial charge in [-0.1, -0.05) is 47.1 Å². The molecule has 4 atom stereocenters. The lowest BCUT2D eigenvalue weighted by Gasteiger charge is -2.56. The first-order chi connectivity index (χ1) is 24.1. The van der Waals surface area contributed by atoms with Gasteiger partial charge in [0.2, 0.25) is 5.91 Å². The molecule has 4 bridgehead atoms. The summed E-state index contributed by atoms with van der Waals surface area (Å²) in [6.07, 6.45) is 12.2. The van der Waals surface area contributed by atoms with Crippen molar-refractivity contribution in [1.82, 2.24) is 4.90 Å². The Bertz CT molecular complexity index is 1810. The summed E-state index contributed by atoms with van der Waals surface area (Å²) in [7, 11) is 0. The van der Waals surface area contributed by atoms with E-state index in [-0.39, 0.29) is 65.2 Å². The molecule has 0 aromatic heterocycles. The molecular formula is C42H53NO8. The van der Waals surface area contributed by atoms with Gasteiger partial charge in [0.15, 0.2) is 22.8 Å². The molecule has 1 aromatic rings. The molecule has 3 heterocycles. The molecule has 2 saturated heterocycles. The van der Waals surface area contributed by atoms with Crippen molar-refractivity contribution >= 4 is 17.5 Å². The van der Waals surface area contributed by atoms with Crippen LogP contribution in [0.1, 0.15) is 103 Å². The van der Waals surface area contributed by atoms with Gasteiger partial charge in [-0.15, -0.1) is 0 Å². The molecule has 3 aliphatic heterocycles. The summed E-state index contributed by atoms with van der Waals surface area (Å²) in [5, 5.41) is 23.7. The van der Waals surface area contributed by atoms with E-state index < -0.39 is 28.5 Å². The van der Waals surface area contributed by atoms with Crippen LogP contribution in [-0.4, -0.2) is 75.7 Å². The molecule has 4 unspecified atom stereocenters. The number of carbonyl (C=O) groups is 3. The number of hydrogen-bond donors (Lipinski definition) is 2. The van der Waals surface area contributed by atoms with Gasteiger partial charge in [-0.25, -0.2) is 0 Å². The molecule has 1 aromatic carbocycles. The smallest absolute Gasteiger partial charge is 0.249 e. The Morgan fingerprint density at radius 1 is 0.922 bits per heavy atom. The quantitative estimate of drug-likeness (QED) is 0.197. The summed E-state index contributed by atoms with van der Waals surface area (Å²) >= 11 is 0. The topological polar surface area (TPSA) is 123 Å². The monoisotopic (exact) mass is 699 g/mol. The number of phenolic OH excluding ortho intramolecular Hbond substituents is 2. The van der Waals surface area contributed by atoms with Crippen LogP contribution in [0.3, 0.4) is 0 Å². The van der Waals surface area contributed by atoms with Gasteiger partial charge < -0.3 is 29.3 Å². The lowest BCUT2D eigenvalue weighted by Crippen LogP contribution is -2.72. The van der Waals surface area contributed by atoms with Crippen LogP contribution < -0.4 is 4.74 Å². The van der Waals surface area contributed by atoms with Crippen LogP contribution in [0.15, 0.2) is 58.2 Å². The van der Waals surface area contributed by atoms with E-state index >= 15 is 0 Å². The highest BCUT2D eigenvalue weighted by Gasteiger charge is 2.81. The van der Waals surface area contributed by atoms with Crippen molar-refractivity contribution < 1.29 is 38.8 Å². The Hall–Kier alpha value is -3.95. The molecule has 6 aliphatic rings. The fourth-order valence-electron chi connectivity index (χ4n) is 8.82. The van der Waals surface area contributed by atoms with Gasteiger partial charge in [0.25, 0.3) is 0 Å². The van der Waals surface area contributed by atoms with Gasteiger partial charge in [-0.05, 0) is 87.5 Å². The highest BCUT2D eigenvalue weighted by atomic mass is 16.6. The van der Waals surface area contributed by atoms with Gasteiger partial charge in [-0.2, -0.15) is 0 Å². The first-order valence-corrected chi connectivity index (χ1v) is 18.3. The van der Waals surface area contributed by atoms with E-state index in [1.165, 1.54) is 5.57 Å². The molecule has 0 radical (unpaired) electrons. The van der Waals surface area contributed by atoms with Crippen LogP contribution in [0.4, 0.5) is 0 Å². The van der Waals surface area contributed by atoms with Gasteiger partial charge >= 0.3 is 0 Å². The number of nitrogens with zero attached hydrogens (tertiary/aromatic N) is 1. The zero-order valence-electron chi connectivity index (χ0n) is 31.4. The number of fused-ring (bicyclic) bond motifs is 1. The number of rotatable bonds is 10. The first kappa shape index (κ1) is 36.8. The number of morpholine rings is 1. The van der Waals surface area contributed by atoms with Crippen LogP contribution in [0.25, 0.3) is 0 Å². The minimum atomic E-state index is -1.60. The van der Waals surface area contributed by atoms with Gasteiger partial charge in [0.05, 0.1) is 18.8 Å². The molecule has 1 saturated carbocycles. The summed E-state index contributed by atoms with van der Waals surface area (Å²) in [5.74, 6) is -2.05. The predicted octanol–water partition coefficient (Wildman–Crippen LogP) is 7.04. The van der Waals surface area contributed by atoms with Crippen LogP contribution in [0.2, 0.25) is 0 Å². The van der Waals surface area contributed by atoms with Crippen molar-refractivity contribution in [1.29, 1.82) is 0 Å². The molecule has 1 amide bonds. The number of phenols is 2. The zero-order chi connectivity index (χ0) is 37.0. The number of aromatic hydroxyl groups is 2. The second-order valence-corrected chi connectivity index (χ2v) is 16.0. The molecule has 51 heavy (non-hydrogen) atoms. The third-order valence-electron chi connectivity index (χ3n) is 11.5. The van der Waals surface area contributed by atoms with Crippen molar-refractivity contribution in [3.8, 4) is 17.2 Å². The maximum Gasteiger partial charge on any atom is 0.249 e. The van der Waals surface area contributed by atoms with Gasteiger partial charge in [0.1, 0.15) is 22.8 Å². The van der Waals surface area contributed by atoms with E-state index in [4.69, 9.17) is 14.2 Å². The highest BCUT2D eigenvalue weighted by Crippen LogP contribution is 2.68. The van der Waals surface area contributed by atoms with Crippen LogP contribution in [-0.2, 0) is 31.9 Å². The fourth-order valence-corrected chi connectivity index (χ4v) is 8.82. The van der Waals surface area contributed by atoms with Crippen molar-refractivity contribution in [2.45, 2.75) is 111 Å². The normalized spacial score (nSPS) is 27.8. The summed E-state index contributed by atoms with van der Waals surface area (Å²) in [6.45, 7) is 17.6. The number of amides is 1. The molecule has 3 fully saturated rings. The highest BCUT2D eigenvalue weighted by molar-refractivity contribution is 6.18. The van der Waals surface area contributed by atoms with Crippen molar-refractivity contribution in [3.05, 3.63) is 74.9 Å². The fraction of sp³-hybridized carbons (Fsp3) is 0.548. The predicted molar refractivity (Wildman–Crippen MR) is 195 cm³/mol. The second-order valence-electron chi connectivity index (χ2n) is 16.0. The van der Waals surface area contributed by atoms with Crippen LogP contribution in [0, 0.1) is 11.8 Å². The molecular weight excluding hydrogens is 646 g/mol. The number of ether oxygens (including phenoxy) is 3.